The van der Waals surface area contributed by atoms with Gasteiger partial charge in [-0.15, -0.1) is 0 Å². The Hall–Kier alpha value is -4.78. The minimum atomic E-state index is -4.90. The lowest BCUT2D eigenvalue weighted by Crippen LogP contribution is -2.46. The van der Waals surface area contributed by atoms with E-state index in [0.29, 0.717) is 23.3 Å². The quantitative estimate of drug-likeness (QED) is 0.271. The lowest BCUT2D eigenvalue weighted by Gasteiger charge is -2.34. The van der Waals surface area contributed by atoms with Gasteiger partial charge in [-0.05, 0) is 61.0 Å². The summed E-state index contributed by atoms with van der Waals surface area (Å²) in [5.41, 5.74) is -0.371. The van der Waals surface area contributed by atoms with Crippen molar-refractivity contribution in [2.24, 2.45) is 0 Å². The van der Waals surface area contributed by atoms with Gasteiger partial charge in [-0.25, -0.2) is 14.1 Å². The maximum absolute atomic E-state index is 14.9. The maximum atomic E-state index is 14.9. The summed E-state index contributed by atoms with van der Waals surface area (Å²) in [7, 11) is 1.66. The SMILES string of the molecule is CC1=C(C(=O)Nc2ccc3cnccc3c2)C(c2ccc(C(F)(F)F)c(F)c2)n2nc(C(=O)N(C)N3CCCCC3)cc2N1. The van der Waals surface area contributed by atoms with Crippen LogP contribution in [0.1, 0.15) is 53.8 Å². The highest BCUT2D eigenvalue weighted by Crippen LogP contribution is 2.39. The second kappa shape index (κ2) is 11.4. The number of nitrogens with zero attached hydrogens (tertiary/aromatic N) is 5. The first kappa shape index (κ1) is 29.3. The Morgan fingerprint density at radius 2 is 1.80 bits per heavy atom. The van der Waals surface area contributed by atoms with Crippen LogP contribution in [-0.4, -0.2) is 56.7 Å². The molecule has 2 aromatic heterocycles. The third kappa shape index (κ3) is 5.50. The molecule has 4 aromatic rings. The number of hydrogen-bond acceptors (Lipinski definition) is 6. The smallest absolute Gasteiger partial charge is 0.344 e. The molecule has 4 heterocycles. The molecule has 2 aliphatic heterocycles. The highest BCUT2D eigenvalue weighted by Gasteiger charge is 2.38. The standard InChI is InChI=1S/C31H29F4N7O2/c1-18-27(29(43)38-22-8-6-21-17-36-11-10-19(21)14-22)28(20-7-9-23(24(32)15-20)31(33,34)35)42-26(37-18)16-25(39-42)30(44)40(2)41-12-4-3-5-13-41/h6-11,14-17,28,37H,3-5,12-13H2,1-2H3,(H,38,43). The van der Waals surface area contributed by atoms with Gasteiger partial charge in [-0.1, -0.05) is 18.6 Å². The number of aromatic nitrogens is 3. The van der Waals surface area contributed by atoms with Gasteiger partial charge < -0.3 is 10.6 Å². The van der Waals surface area contributed by atoms with E-state index in [-0.39, 0.29) is 22.7 Å². The van der Waals surface area contributed by atoms with Gasteiger partial charge in [0.25, 0.3) is 11.8 Å². The molecule has 2 amide bonds. The Labute approximate surface area is 250 Å². The van der Waals surface area contributed by atoms with Crippen molar-refractivity contribution in [2.75, 3.05) is 30.8 Å². The van der Waals surface area contributed by atoms with E-state index in [0.717, 1.165) is 55.3 Å². The molecular formula is C31H29F4N7O2. The number of hydrogen-bond donors (Lipinski definition) is 2. The first-order chi connectivity index (χ1) is 21.0. The normalized spacial score (nSPS) is 17.3. The first-order valence-corrected chi connectivity index (χ1v) is 14.1. The van der Waals surface area contributed by atoms with Gasteiger partial charge in [0, 0.05) is 55.4 Å². The topological polar surface area (TPSA) is 95.4 Å². The van der Waals surface area contributed by atoms with Crippen LogP contribution in [0.2, 0.25) is 0 Å². The Kier molecular flexibility index (Phi) is 7.58. The number of carbonyl (C=O) groups is 2. The minimum Gasteiger partial charge on any atom is -0.344 e. The molecule has 2 aliphatic rings. The molecule has 1 fully saturated rings. The molecule has 2 N–H and O–H groups in total. The third-order valence-corrected chi connectivity index (χ3v) is 8.00. The van der Waals surface area contributed by atoms with Gasteiger partial charge in [0.1, 0.15) is 17.7 Å². The van der Waals surface area contributed by atoms with Crippen molar-refractivity contribution in [3.8, 4) is 0 Å². The molecule has 0 spiro atoms. The van der Waals surface area contributed by atoms with Gasteiger partial charge in [-0.3, -0.25) is 19.6 Å². The van der Waals surface area contributed by atoms with Crippen molar-refractivity contribution in [1.29, 1.82) is 0 Å². The Bertz CT molecular complexity index is 1790. The molecule has 1 unspecified atom stereocenters. The van der Waals surface area contributed by atoms with E-state index in [2.05, 4.69) is 20.7 Å². The van der Waals surface area contributed by atoms with E-state index in [1.165, 1.54) is 15.8 Å². The summed E-state index contributed by atoms with van der Waals surface area (Å²) in [6.45, 7) is 3.07. The molecule has 1 saturated heterocycles. The number of pyridine rings is 1. The van der Waals surface area contributed by atoms with Crippen LogP contribution in [0.3, 0.4) is 0 Å². The number of anilines is 2. The molecule has 9 nitrogen and oxygen atoms in total. The monoisotopic (exact) mass is 607 g/mol. The van der Waals surface area contributed by atoms with Gasteiger partial charge in [0.05, 0.1) is 11.1 Å². The molecule has 0 saturated carbocycles. The van der Waals surface area contributed by atoms with Crippen molar-refractivity contribution in [1.82, 2.24) is 24.8 Å². The molecule has 2 aromatic carbocycles. The highest BCUT2D eigenvalue weighted by molar-refractivity contribution is 6.07. The predicted octanol–water partition coefficient (Wildman–Crippen LogP) is 5.99. The van der Waals surface area contributed by atoms with Crippen LogP contribution in [-0.2, 0) is 11.0 Å². The molecule has 0 radical (unpaired) electrons. The molecule has 6 rings (SSSR count). The summed E-state index contributed by atoms with van der Waals surface area (Å²) in [5.74, 6) is -2.11. The van der Waals surface area contributed by atoms with Crippen LogP contribution in [0.15, 0.2) is 72.2 Å². The Balaban J connectivity index is 1.39. The zero-order valence-electron chi connectivity index (χ0n) is 24.0. The van der Waals surface area contributed by atoms with Gasteiger partial charge in [-0.2, -0.15) is 18.3 Å². The fourth-order valence-corrected chi connectivity index (χ4v) is 5.74. The van der Waals surface area contributed by atoms with Gasteiger partial charge in [0.2, 0.25) is 0 Å². The van der Waals surface area contributed by atoms with Crippen molar-refractivity contribution in [2.45, 2.75) is 38.4 Å². The molecule has 1 atom stereocenters. The molecule has 0 aliphatic carbocycles. The van der Waals surface area contributed by atoms with Crippen LogP contribution < -0.4 is 10.6 Å². The second-order valence-electron chi connectivity index (χ2n) is 10.9. The van der Waals surface area contributed by atoms with E-state index in [4.69, 9.17) is 0 Å². The molecular weight excluding hydrogens is 578 g/mol. The van der Waals surface area contributed by atoms with Crippen LogP contribution in [0.5, 0.6) is 0 Å². The number of fused-ring (bicyclic) bond motifs is 2. The maximum Gasteiger partial charge on any atom is 0.419 e. The van der Waals surface area contributed by atoms with Crippen molar-refractivity contribution in [3.63, 3.8) is 0 Å². The minimum absolute atomic E-state index is 0.0545. The number of nitrogens with one attached hydrogen (secondary N) is 2. The first-order valence-electron chi connectivity index (χ1n) is 14.1. The number of piperidine rings is 1. The zero-order chi connectivity index (χ0) is 31.2. The number of benzene rings is 2. The predicted molar refractivity (Wildman–Crippen MR) is 156 cm³/mol. The van der Waals surface area contributed by atoms with E-state index in [1.807, 2.05) is 5.01 Å². The van der Waals surface area contributed by atoms with Crippen LogP contribution in [0.25, 0.3) is 10.8 Å². The number of hydrazine groups is 1. The van der Waals surface area contributed by atoms with Crippen LogP contribution in [0, 0.1) is 5.82 Å². The fourth-order valence-electron chi connectivity index (χ4n) is 5.74. The molecule has 44 heavy (non-hydrogen) atoms. The van der Waals surface area contributed by atoms with E-state index in [1.54, 1.807) is 50.6 Å². The van der Waals surface area contributed by atoms with E-state index >= 15 is 0 Å². The number of halogens is 4. The third-order valence-electron chi connectivity index (χ3n) is 8.00. The van der Waals surface area contributed by atoms with Crippen molar-refractivity contribution in [3.05, 3.63) is 94.8 Å². The fraction of sp³-hybridized carbons (Fsp3) is 0.290. The summed E-state index contributed by atoms with van der Waals surface area (Å²) in [4.78, 5) is 31.4. The summed E-state index contributed by atoms with van der Waals surface area (Å²) in [6, 6.07) is 9.96. The second-order valence-corrected chi connectivity index (χ2v) is 10.9. The lowest BCUT2D eigenvalue weighted by atomic mass is 9.93. The molecule has 0 bridgehead atoms. The number of carbonyl (C=O) groups excluding carboxylic acids is 2. The van der Waals surface area contributed by atoms with Crippen molar-refractivity contribution >= 4 is 34.1 Å². The highest BCUT2D eigenvalue weighted by atomic mass is 19.4. The van der Waals surface area contributed by atoms with Crippen LogP contribution in [0.4, 0.5) is 29.1 Å². The molecule has 13 heteroatoms. The summed E-state index contributed by atoms with van der Waals surface area (Å²) in [5, 5.41) is 15.6. The summed E-state index contributed by atoms with van der Waals surface area (Å²) < 4.78 is 56.5. The number of rotatable bonds is 5. The van der Waals surface area contributed by atoms with Crippen molar-refractivity contribution < 1.29 is 27.2 Å². The molecule has 228 valence electrons. The average molecular weight is 608 g/mol. The van der Waals surface area contributed by atoms with Gasteiger partial charge in [0.15, 0.2) is 5.69 Å². The number of alkyl halides is 3. The largest absolute Gasteiger partial charge is 0.419 e. The number of allylic oxidation sites excluding steroid dienone is 1. The van der Waals surface area contributed by atoms with Crippen LogP contribution >= 0.6 is 0 Å². The number of amides is 2. The van der Waals surface area contributed by atoms with Gasteiger partial charge >= 0.3 is 6.18 Å². The summed E-state index contributed by atoms with van der Waals surface area (Å²) in [6.07, 6.45) is 1.41. The Morgan fingerprint density at radius 1 is 1.02 bits per heavy atom. The lowest BCUT2D eigenvalue weighted by molar-refractivity contribution is -0.140. The summed E-state index contributed by atoms with van der Waals surface area (Å²) >= 11 is 0. The van der Waals surface area contributed by atoms with E-state index < -0.39 is 29.5 Å². The average Bonchev–Trinajstić information content (AvgIpc) is 3.42. The zero-order valence-corrected chi connectivity index (χ0v) is 24.0. The Morgan fingerprint density at radius 3 is 2.52 bits per heavy atom. The van der Waals surface area contributed by atoms with E-state index in [9.17, 15) is 27.2 Å².